The molecule has 2 unspecified atom stereocenters. The van der Waals surface area contributed by atoms with Gasteiger partial charge in [-0.2, -0.15) is 0 Å². The summed E-state index contributed by atoms with van der Waals surface area (Å²) in [4.78, 5) is 0. The van der Waals surface area contributed by atoms with E-state index in [0.717, 1.165) is 24.4 Å². The van der Waals surface area contributed by atoms with Crippen molar-refractivity contribution in [3.05, 3.63) is 0 Å². The van der Waals surface area contributed by atoms with Gasteiger partial charge in [0.05, 0.1) is 6.10 Å². The SMILES string of the molecule is CCOC(CC(C)C)CC(C)CC(C)C. The van der Waals surface area contributed by atoms with Crippen LogP contribution < -0.4 is 0 Å². The average molecular weight is 214 g/mol. The third-order valence-corrected chi connectivity index (χ3v) is 2.68. The summed E-state index contributed by atoms with van der Waals surface area (Å²) in [6.07, 6.45) is 4.23. The number of hydrogen-bond acceptors (Lipinski definition) is 1. The second-order valence-corrected chi connectivity index (χ2v) is 5.68. The van der Waals surface area contributed by atoms with Crippen LogP contribution in [-0.2, 0) is 4.74 Å². The van der Waals surface area contributed by atoms with Crippen molar-refractivity contribution < 1.29 is 4.74 Å². The van der Waals surface area contributed by atoms with E-state index in [0.29, 0.717) is 6.10 Å². The van der Waals surface area contributed by atoms with E-state index < -0.39 is 0 Å². The van der Waals surface area contributed by atoms with E-state index in [4.69, 9.17) is 4.74 Å². The van der Waals surface area contributed by atoms with Gasteiger partial charge in [-0.3, -0.25) is 0 Å². The van der Waals surface area contributed by atoms with Gasteiger partial charge < -0.3 is 4.74 Å². The van der Waals surface area contributed by atoms with Crippen LogP contribution in [0.2, 0.25) is 0 Å². The molecule has 0 heterocycles. The third kappa shape index (κ3) is 8.92. The summed E-state index contributed by atoms with van der Waals surface area (Å²) in [5, 5.41) is 0. The molecular weight excluding hydrogens is 184 g/mol. The molecule has 15 heavy (non-hydrogen) atoms. The van der Waals surface area contributed by atoms with Crippen molar-refractivity contribution in [3.63, 3.8) is 0 Å². The molecule has 2 atom stereocenters. The molecule has 0 amide bonds. The van der Waals surface area contributed by atoms with E-state index in [9.17, 15) is 0 Å². The van der Waals surface area contributed by atoms with Crippen LogP contribution >= 0.6 is 0 Å². The molecule has 1 heteroatoms. The van der Waals surface area contributed by atoms with Gasteiger partial charge in [0.25, 0.3) is 0 Å². The van der Waals surface area contributed by atoms with Crippen LogP contribution in [0.4, 0.5) is 0 Å². The monoisotopic (exact) mass is 214 g/mol. The normalized spacial score (nSPS) is 16.0. The minimum atomic E-state index is 0.476. The summed E-state index contributed by atoms with van der Waals surface area (Å²) >= 11 is 0. The molecule has 92 valence electrons. The Kier molecular flexibility index (Phi) is 8.13. The Morgan fingerprint density at radius 1 is 0.800 bits per heavy atom. The third-order valence-electron chi connectivity index (χ3n) is 2.68. The van der Waals surface area contributed by atoms with Crippen molar-refractivity contribution in [2.45, 2.75) is 66.9 Å². The summed E-state index contributed by atoms with van der Waals surface area (Å²) in [6.45, 7) is 14.5. The lowest BCUT2D eigenvalue weighted by Gasteiger charge is -2.23. The Hall–Kier alpha value is -0.0400. The van der Waals surface area contributed by atoms with Crippen LogP contribution in [0.15, 0.2) is 0 Å². The van der Waals surface area contributed by atoms with Gasteiger partial charge in [0.1, 0.15) is 0 Å². The highest BCUT2D eigenvalue weighted by Crippen LogP contribution is 2.21. The minimum Gasteiger partial charge on any atom is -0.378 e. The van der Waals surface area contributed by atoms with Crippen LogP contribution in [0.25, 0.3) is 0 Å². The quantitative estimate of drug-likeness (QED) is 0.577. The van der Waals surface area contributed by atoms with Crippen LogP contribution in [0.1, 0.15) is 60.8 Å². The summed E-state index contributed by atoms with van der Waals surface area (Å²) < 4.78 is 5.81. The van der Waals surface area contributed by atoms with Crippen LogP contribution in [0.3, 0.4) is 0 Å². The summed E-state index contributed by atoms with van der Waals surface area (Å²) in [5.74, 6) is 2.34. The maximum absolute atomic E-state index is 5.81. The zero-order valence-corrected chi connectivity index (χ0v) is 11.5. The maximum atomic E-state index is 5.81. The van der Waals surface area contributed by atoms with Crippen molar-refractivity contribution in [1.82, 2.24) is 0 Å². The van der Waals surface area contributed by atoms with E-state index in [1.54, 1.807) is 0 Å². The summed E-state index contributed by atoms with van der Waals surface area (Å²) in [6, 6.07) is 0. The number of ether oxygens (including phenoxy) is 1. The van der Waals surface area contributed by atoms with Crippen LogP contribution in [0, 0.1) is 17.8 Å². The van der Waals surface area contributed by atoms with Gasteiger partial charge in [-0.25, -0.2) is 0 Å². The Bertz CT molecular complexity index is 140. The topological polar surface area (TPSA) is 9.23 Å². The molecule has 0 bridgehead atoms. The molecule has 0 aliphatic carbocycles. The Labute approximate surface area is 96.6 Å². The van der Waals surface area contributed by atoms with Gasteiger partial charge >= 0.3 is 0 Å². The molecule has 0 radical (unpaired) electrons. The van der Waals surface area contributed by atoms with E-state index in [2.05, 4.69) is 41.5 Å². The Balaban J connectivity index is 3.91. The molecule has 0 rings (SSSR count). The van der Waals surface area contributed by atoms with E-state index >= 15 is 0 Å². The van der Waals surface area contributed by atoms with Gasteiger partial charge in [0.2, 0.25) is 0 Å². The van der Waals surface area contributed by atoms with Crippen molar-refractivity contribution in [3.8, 4) is 0 Å². The highest BCUT2D eigenvalue weighted by Gasteiger charge is 2.15. The lowest BCUT2D eigenvalue weighted by molar-refractivity contribution is 0.0304. The molecule has 0 aromatic carbocycles. The van der Waals surface area contributed by atoms with Crippen LogP contribution in [-0.4, -0.2) is 12.7 Å². The standard InChI is InChI=1S/C14H30O/c1-7-15-14(9-12(4)5)10-13(6)8-11(2)3/h11-14H,7-10H2,1-6H3. The Morgan fingerprint density at radius 2 is 1.33 bits per heavy atom. The summed E-state index contributed by atoms with van der Waals surface area (Å²) in [5.41, 5.74) is 0. The highest BCUT2D eigenvalue weighted by atomic mass is 16.5. The zero-order chi connectivity index (χ0) is 11.8. The van der Waals surface area contributed by atoms with Crippen molar-refractivity contribution in [2.75, 3.05) is 6.61 Å². The van der Waals surface area contributed by atoms with Gasteiger partial charge in [-0.05, 0) is 43.9 Å². The largest absolute Gasteiger partial charge is 0.378 e. The van der Waals surface area contributed by atoms with Crippen molar-refractivity contribution >= 4 is 0 Å². The first-order valence-electron chi connectivity index (χ1n) is 6.57. The van der Waals surface area contributed by atoms with Gasteiger partial charge in [-0.15, -0.1) is 0 Å². The first kappa shape index (κ1) is 15.0. The van der Waals surface area contributed by atoms with Gasteiger partial charge in [-0.1, -0.05) is 34.6 Å². The van der Waals surface area contributed by atoms with E-state index in [1.165, 1.54) is 19.3 Å². The molecule has 0 saturated heterocycles. The lowest BCUT2D eigenvalue weighted by Crippen LogP contribution is -2.19. The van der Waals surface area contributed by atoms with Crippen molar-refractivity contribution in [1.29, 1.82) is 0 Å². The maximum Gasteiger partial charge on any atom is 0.0580 e. The molecule has 0 aromatic heterocycles. The smallest absolute Gasteiger partial charge is 0.0580 e. The molecular formula is C14H30O. The average Bonchev–Trinajstić information content (AvgIpc) is 2.00. The minimum absolute atomic E-state index is 0.476. The van der Waals surface area contributed by atoms with Crippen LogP contribution in [0.5, 0.6) is 0 Å². The van der Waals surface area contributed by atoms with E-state index in [-0.39, 0.29) is 0 Å². The molecule has 0 saturated carbocycles. The van der Waals surface area contributed by atoms with Crippen molar-refractivity contribution in [2.24, 2.45) is 17.8 Å². The lowest BCUT2D eigenvalue weighted by atomic mass is 9.91. The molecule has 0 fully saturated rings. The molecule has 0 aliphatic rings. The zero-order valence-electron chi connectivity index (χ0n) is 11.5. The molecule has 0 N–H and O–H groups in total. The van der Waals surface area contributed by atoms with Gasteiger partial charge in [0, 0.05) is 6.61 Å². The Morgan fingerprint density at radius 3 is 1.73 bits per heavy atom. The fourth-order valence-corrected chi connectivity index (χ4v) is 2.34. The number of rotatable bonds is 8. The van der Waals surface area contributed by atoms with Gasteiger partial charge in [0.15, 0.2) is 0 Å². The highest BCUT2D eigenvalue weighted by molar-refractivity contribution is 4.66. The molecule has 0 aromatic rings. The summed E-state index contributed by atoms with van der Waals surface area (Å²) in [7, 11) is 0. The second kappa shape index (κ2) is 8.15. The number of hydrogen-bond donors (Lipinski definition) is 0. The fourth-order valence-electron chi connectivity index (χ4n) is 2.34. The second-order valence-electron chi connectivity index (χ2n) is 5.68. The molecule has 0 aliphatic heterocycles. The first-order chi connectivity index (χ1) is 6.95. The van der Waals surface area contributed by atoms with E-state index in [1.807, 2.05) is 0 Å². The predicted molar refractivity (Wildman–Crippen MR) is 68.1 cm³/mol. The predicted octanol–water partition coefficient (Wildman–Crippen LogP) is 4.51. The fraction of sp³-hybridized carbons (Fsp3) is 1.00. The first-order valence-corrected chi connectivity index (χ1v) is 6.57. The molecule has 1 nitrogen and oxygen atoms in total. The molecule has 0 spiro atoms.